The lowest BCUT2D eigenvalue weighted by Gasteiger charge is -2.34. The number of nitrogens with zero attached hydrogens (tertiary/aromatic N) is 3. The van der Waals surface area contributed by atoms with Gasteiger partial charge in [0.1, 0.15) is 0 Å². The quantitative estimate of drug-likeness (QED) is 0.459. The van der Waals surface area contributed by atoms with Gasteiger partial charge in [-0.3, -0.25) is 19.4 Å². The Morgan fingerprint density at radius 3 is 2.00 bits per heavy atom. The molecule has 0 N–H and O–H groups in total. The monoisotopic (exact) mass is 493 g/mol. The van der Waals surface area contributed by atoms with Gasteiger partial charge in [0, 0.05) is 43.7 Å². The second-order valence-electron chi connectivity index (χ2n) is 8.53. The molecule has 2 saturated heterocycles. The Labute approximate surface area is 184 Å². The molecule has 0 spiro atoms. The van der Waals surface area contributed by atoms with E-state index in [1.165, 1.54) is 9.21 Å². The van der Waals surface area contributed by atoms with Gasteiger partial charge < -0.3 is 0 Å². The molecule has 0 aromatic heterocycles. The molecular weight excluding hydrogens is 470 g/mol. The first-order valence-corrected chi connectivity index (χ1v) is 12.6. The number of piperazine rings is 1. The summed E-state index contributed by atoms with van der Waals surface area (Å²) in [5, 5.41) is 0. The first kappa shape index (κ1) is 20.4. The molecule has 7 nitrogen and oxygen atoms in total. The second kappa shape index (κ2) is 7.55. The molecule has 160 valence electrons. The first-order valence-electron chi connectivity index (χ1n) is 10.4. The third-order valence-electron chi connectivity index (χ3n) is 6.98. The maximum absolute atomic E-state index is 12.8. The Hall–Kier alpha value is -1.55. The van der Waals surface area contributed by atoms with E-state index in [2.05, 4.69) is 33.0 Å². The van der Waals surface area contributed by atoms with Crippen LogP contribution in [-0.4, -0.2) is 73.6 Å². The lowest BCUT2D eigenvalue weighted by atomic mass is 9.85. The van der Waals surface area contributed by atoms with E-state index in [0.29, 0.717) is 44.2 Å². The number of likely N-dealkylation sites (tertiary alicyclic amines) is 1. The van der Waals surface area contributed by atoms with Crippen LogP contribution in [0.1, 0.15) is 6.42 Å². The van der Waals surface area contributed by atoms with Gasteiger partial charge in [-0.05, 0) is 42.5 Å². The molecule has 4 aliphatic rings. The van der Waals surface area contributed by atoms with Crippen LogP contribution in [0.5, 0.6) is 0 Å². The summed E-state index contributed by atoms with van der Waals surface area (Å²) in [6.45, 7) is 2.96. The van der Waals surface area contributed by atoms with Crippen molar-refractivity contribution in [1.82, 2.24) is 14.1 Å². The Bertz CT molecular complexity index is 972. The molecule has 2 heterocycles. The standard InChI is InChI=1S/C21H24BrN3O4S/c22-16-3-5-17(6-4-16)30(28,29)24-10-7-23(8-11-24)9-12-25-20(26)18-14-1-2-15(13-14)19(18)21(25)27/h1-6,14-15,18-19H,7-13H2/t14-,15-,18+,19+/m0/s1. The van der Waals surface area contributed by atoms with Crippen molar-refractivity contribution in [2.45, 2.75) is 11.3 Å². The molecule has 0 radical (unpaired) electrons. The minimum atomic E-state index is -3.51. The molecule has 2 bridgehead atoms. The largest absolute Gasteiger partial charge is 0.299 e. The average molecular weight is 494 g/mol. The number of carbonyl (C=O) groups excluding carboxylic acids is 2. The normalized spacial score (nSPS) is 31.7. The molecule has 4 atom stereocenters. The van der Waals surface area contributed by atoms with Gasteiger partial charge in [-0.2, -0.15) is 4.31 Å². The fourth-order valence-electron chi connectivity index (χ4n) is 5.38. The smallest absolute Gasteiger partial charge is 0.243 e. The second-order valence-corrected chi connectivity index (χ2v) is 11.4. The van der Waals surface area contributed by atoms with Gasteiger partial charge in [-0.15, -0.1) is 0 Å². The number of rotatable bonds is 5. The fraction of sp³-hybridized carbons (Fsp3) is 0.524. The molecule has 3 fully saturated rings. The maximum Gasteiger partial charge on any atom is 0.243 e. The predicted octanol–water partition coefficient (Wildman–Crippen LogP) is 1.56. The molecule has 2 aliphatic heterocycles. The van der Waals surface area contributed by atoms with E-state index < -0.39 is 10.0 Å². The average Bonchev–Trinajstić information content (AvgIpc) is 3.42. The minimum absolute atomic E-state index is 0.0155. The zero-order valence-electron chi connectivity index (χ0n) is 16.5. The summed E-state index contributed by atoms with van der Waals surface area (Å²) < 4.78 is 28.0. The Morgan fingerprint density at radius 2 is 1.43 bits per heavy atom. The van der Waals surface area contributed by atoms with Gasteiger partial charge in [-0.1, -0.05) is 28.1 Å². The number of fused-ring (bicyclic) bond motifs is 5. The highest BCUT2D eigenvalue weighted by Crippen LogP contribution is 2.52. The summed E-state index contributed by atoms with van der Waals surface area (Å²) >= 11 is 3.32. The van der Waals surface area contributed by atoms with Crippen LogP contribution in [0, 0.1) is 23.7 Å². The lowest BCUT2D eigenvalue weighted by Crippen LogP contribution is -2.50. The van der Waals surface area contributed by atoms with Crippen LogP contribution in [0.3, 0.4) is 0 Å². The van der Waals surface area contributed by atoms with E-state index in [0.717, 1.165) is 10.9 Å². The molecular formula is C21H24BrN3O4S. The maximum atomic E-state index is 12.8. The Morgan fingerprint density at radius 1 is 0.867 bits per heavy atom. The molecule has 1 aromatic carbocycles. The lowest BCUT2D eigenvalue weighted by molar-refractivity contribution is -0.140. The topological polar surface area (TPSA) is 78.0 Å². The van der Waals surface area contributed by atoms with Crippen LogP contribution >= 0.6 is 15.9 Å². The minimum Gasteiger partial charge on any atom is -0.299 e. The molecule has 5 rings (SSSR count). The molecule has 9 heteroatoms. The van der Waals surface area contributed by atoms with Gasteiger partial charge in [0.2, 0.25) is 21.8 Å². The van der Waals surface area contributed by atoms with Crippen LogP contribution in [-0.2, 0) is 19.6 Å². The highest BCUT2D eigenvalue weighted by atomic mass is 79.9. The summed E-state index contributed by atoms with van der Waals surface area (Å²) in [7, 11) is -3.51. The SMILES string of the molecule is O=C1[C@H]2[C@H](C(=O)N1CCN1CCN(S(=O)(=O)c3ccc(Br)cc3)CC1)[C@H]1C=C[C@H]2C1. The molecule has 2 amide bonds. The van der Waals surface area contributed by atoms with Crippen LogP contribution in [0.4, 0.5) is 0 Å². The van der Waals surface area contributed by atoms with Crippen LogP contribution in [0.25, 0.3) is 0 Å². The zero-order valence-corrected chi connectivity index (χ0v) is 18.9. The molecule has 2 aliphatic carbocycles. The number of amides is 2. The number of hydrogen-bond acceptors (Lipinski definition) is 5. The van der Waals surface area contributed by atoms with Crippen molar-refractivity contribution in [3.63, 3.8) is 0 Å². The summed E-state index contributed by atoms with van der Waals surface area (Å²) in [5.74, 6) is 0.125. The Kier molecular flexibility index (Phi) is 5.12. The van der Waals surface area contributed by atoms with E-state index in [1.807, 2.05) is 0 Å². The van der Waals surface area contributed by atoms with Crippen molar-refractivity contribution in [2.24, 2.45) is 23.7 Å². The van der Waals surface area contributed by atoms with E-state index in [4.69, 9.17) is 0 Å². The number of halogens is 1. The van der Waals surface area contributed by atoms with Gasteiger partial charge >= 0.3 is 0 Å². The molecule has 1 aromatic rings. The first-order chi connectivity index (χ1) is 14.4. The van der Waals surface area contributed by atoms with E-state index in [1.54, 1.807) is 24.3 Å². The number of sulfonamides is 1. The summed E-state index contributed by atoms with van der Waals surface area (Å²) in [6.07, 6.45) is 5.15. The van der Waals surface area contributed by atoms with Crippen molar-refractivity contribution in [1.29, 1.82) is 0 Å². The number of allylic oxidation sites excluding steroid dienone is 2. The number of benzene rings is 1. The van der Waals surface area contributed by atoms with Crippen LogP contribution in [0.15, 0.2) is 45.8 Å². The van der Waals surface area contributed by atoms with Crippen LogP contribution < -0.4 is 0 Å². The third kappa shape index (κ3) is 3.26. The third-order valence-corrected chi connectivity index (χ3v) is 9.43. The van der Waals surface area contributed by atoms with Crippen molar-refractivity contribution < 1.29 is 18.0 Å². The number of hydrogen-bond donors (Lipinski definition) is 0. The van der Waals surface area contributed by atoms with E-state index in [9.17, 15) is 18.0 Å². The number of imide groups is 1. The fourth-order valence-corrected chi connectivity index (χ4v) is 7.06. The van der Waals surface area contributed by atoms with Crippen molar-refractivity contribution in [3.05, 3.63) is 40.9 Å². The summed E-state index contributed by atoms with van der Waals surface area (Å²) in [4.78, 5) is 29.5. The van der Waals surface area contributed by atoms with Gasteiger partial charge in [0.05, 0.1) is 16.7 Å². The molecule has 1 saturated carbocycles. The van der Waals surface area contributed by atoms with Crippen molar-refractivity contribution >= 4 is 37.8 Å². The summed E-state index contributed by atoms with van der Waals surface area (Å²) in [6, 6.07) is 6.67. The van der Waals surface area contributed by atoms with Gasteiger partial charge in [0.25, 0.3) is 0 Å². The molecule has 0 unspecified atom stereocenters. The van der Waals surface area contributed by atoms with E-state index >= 15 is 0 Å². The summed E-state index contributed by atoms with van der Waals surface area (Å²) in [5.41, 5.74) is 0. The van der Waals surface area contributed by atoms with Crippen molar-refractivity contribution in [3.8, 4) is 0 Å². The molecule has 30 heavy (non-hydrogen) atoms. The van der Waals surface area contributed by atoms with Gasteiger partial charge in [-0.25, -0.2) is 8.42 Å². The van der Waals surface area contributed by atoms with Crippen molar-refractivity contribution in [2.75, 3.05) is 39.3 Å². The van der Waals surface area contributed by atoms with E-state index in [-0.39, 0.29) is 35.5 Å². The van der Waals surface area contributed by atoms with Gasteiger partial charge in [0.15, 0.2) is 0 Å². The predicted molar refractivity (Wildman–Crippen MR) is 114 cm³/mol. The zero-order chi connectivity index (χ0) is 21.0. The number of carbonyl (C=O) groups is 2. The highest BCUT2D eigenvalue weighted by molar-refractivity contribution is 9.10. The van der Waals surface area contributed by atoms with Crippen LogP contribution in [0.2, 0.25) is 0 Å². The highest BCUT2D eigenvalue weighted by Gasteiger charge is 2.59. The Balaban J connectivity index is 1.16.